The quantitative estimate of drug-likeness (QED) is 0.517. The van der Waals surface area contributed by atoms with Crippen LogP contribution in [0.1, 0.15) is 29.9 Å². The van der Waals surface area contributed by atoms with Crippen molar-refractivity contribution in [2.75, 3.05) is 31.7 Å². The van der Waals surface area contributed by atoms with Crippen LogP contribution >= 0.6 is 0 Å². The Hall–Kier alpha value is -2.79. The molecule has 1 aromatic carbocycles. The van der Waals surface area contributed by atoms with Gasteiger partial charge in [0.05, 0.1) is 29.3 Å². The predicted octanol–water partition coefficient (Wildman–Crippen LogP) is 2.05. The number of sulfonamides is 1. The highest BCUT2D eigenvalue weighted by Crippen LogP contribution is 2.30. The second kappa shape index (κ2) is 10.0. The Labute approximate surface area is 188 Å². The molecule has 33 heavy (non-hydrogen) atoms. The molecule has 1 aliphatic rings. The molecule has 0 unspecified atom stereocenters. The first kappa shape index (κ1) is 24.8. The van der Waals surface area contributed by atoms with E-state index in [0.29, 0.717) is 26.1 Å². The van der Waals surface area contributed by atoms with E-state index in [4.69, 9.17) is 4.74 Å². The first-order valence-electron chi connectivity index (χ1n) is 9.94. The highest BCUT2D eigenvalue weighted by molar-refractivity contribution is 7.89. The van der Waals surface area contributed by atoms with E-state index >= 15 is 0 Å². The SMILES string of the molecule is N#Cc1cc(S(=O)(=O)NCC2(CO)CCOCC2)ccc1NCc1nccc(C(F)(F)F)n1. The molecule has 3 N–H and O–H groups in total. The lowest BCUT2D eigenvalue weighted by atomic mass is 9.81. The van der Waals surface area contributed by atoms with E-state index in [-0.39, 0.29) is 41.7 Å². The second-order valence-electron chi connectivity index (χ2n) is 7.62. The molecule has 2 aromatic rings. The van der Waals surface area contributed by atoms with E-state index in [9.17, 15) is 32.0 Å². The minimum Gasteiger partial charge on any atom is -0.396 e. The fourth-order valence-corrected chi connectivity index (χ4v) is 4.46. The number of ether oxygens (including phenoxy) is 1. The molecule has 0 atom stereocenters. The van der Waals surface area contributed by atoms with Crippen LogP contribution in [0.25, 0.3) is 0 Å². The van der Waals surface area contributed by atoms with E-state index in [1.165, 1.54) is 12.1 Å². The number of rotatable bonds is 8. The number of aliphatic hydroxyl groups is 1. The third kappa shape index (κ3) is 6.17. The van der Waals surface area contributed by atoms with Crippen molar-refractivity contribution in [3.05, 3.63) is 47.5 Å². The van der Waals surface area contributed by atoms with Crippen LogP contribution in [0.4, 0.5) is 18.9 Å². The van der Waals surface area contributed by atoms with E-state index in [1.807, 2.05) is 6.07 Å². The minimum absolute atomic E-state index is 0.0178. The van der Waals surface area contributed by atoms with Crippen LogP contribution in [-0.2, 0) is 27.5 Å². The van der Waals surface area contributed by atoms with Crippen molar-refractivity contribution in [2.45, 2.75) is 30.5 Å². The first-order valence-corrected chi connectivity index (χ1v) is 11.4. The summed E-state index contributed by atoms with van der Waals surface area (Å²) in [6.07, 6.45) is -2.61. The number of alkyl halides is 3. The Bertz CT molecular complexity index is 1130. The van der Waals surface area contributed by atoms with Crippen LogP contribution in [-0.4, -0.2) is 49.9 Å². The molecule has 13 heteroatoms. The molecule has 0 radical (unpaired) electrons. The van der Waals surface area contributed by atoms with Crippen LogP contribution in [0.3, 0.4) is 0 Å². The van der Waals surface area contributed by atoms with Gasteiger partial charge in [-0.3, -0.25) is 0 Å². The molecule has 0 bridgehead atoms. The number of nitriles is 1. The van der Waals surface area contributed by atoms with Gasteiger partial charge in [0.15, 0.2) is 0 Å². The summed E-state index contributed by atoms with van der Waals surface area (Å²) >= 11 is 0. The maximum atomic E-state index is 12.8. The molecule has 1 fully saturated rings. The number of anilines is 1. The number of hydrogen-bond donors (Lipinski definition) is 3. The molecule has 0 spiro atoms. The van der Waals surface area contributed by atoms with Crippen molar-refractivity contribution >= 4 is 15.7 Å². The van der Waals surface area contributed by atoms with Gasteiger partial charge in [0, 0.05) is 31.4 Å². The topological polar surface area (TPSA) is 137 Å². The third-order valence-corrected chi connectivity index (χ3v) is 6.78. The summed E-state index contributed by atoms with van der Waals surface area (Å²) in [5.74, 6) is -0.141. The van der Waals surface area contributed by atoms with Crippen LogP contribution in [0, 0.1) is 16.7 Å². The lowest BCUT2D eigenvalue weighted by molar-refractivity contribution is -0.141. The minimum atomic E-state index is -4.61. The Morgan fingerprint density at radius 1 is 1.24 bits per heavy atom. The van der Waals surface area contributed by atoms with Crippen LogP contribution < -0.4 is 10.0 Å². The molecular formula is C20H22F3N5O4S. The number of halogens is 3. The summed E-state index contributed by atoms with van der Waals surface area (Å²) in [6.45, 7) is 0.477. The van der Waals surface area contributed by atoms with Gasteiger partial charge in [0.2, 0.25) is 10.0 Å². The van der Waals surface area contributed by atoms with Crippen LogP contribution in [0.5, 0.6) is 0 Å². The molecule has 0 saturated carbocycles. The van der Waals surface area contributed by atoms with Crippen molar-refractivity contribution in [3.63, 3.8) is 0 Å². The number of aliphatic hydroxyl groups excluding tert-OH is 1. The van der Waals surface area contributed by atoms with Gasteiger partial charge in [-0.05, 0) is 37.1 Å². The predicted molar refractivity (Wildman–Crippen MR) is 110 cm³/mol. The van der Waals surface area contributed by atoms with Crippen molar-refractivity contribution in [2.24, 2.45) is 5.41 Å². The Kier molecular flexibility index (Phi) is 7.53. The molecule has 0 aliphatic carbocycles. The summed E-state index contributed by atoms with van der Waals surface area (Å²) in [5.41, 5.74) is -1.51. The van der Waals surface area contributed by atoms with Gasteiger partial charge in [-0.25, -0.2) is 23.1 Å². The molecule has 9 nitrogen and oxygen atoms in total. The fourth-order valence-electron chi connectivity index (χ4n) is 3.28. The highest BCUT2D eigenvalue weighted by atomic mass is 32.2. The molecule has 1 aliphatic heterocycles. The lowest BCUT2D eigenvalue weighted by Gasteiger charge is -2.35. The van der Waals surface area contributed by atoms with Gasteiger partial charge in [0.25, 0.3) is 0 Å². The lowest BCUT2D eigenvalue weighted by Crippen LogP contribution is -2.43. The molecule has 178 valence electrons. The number of benzene rings is 1. The summed E-state index contributed by atoms with van der Waals surface area (Å²) < 4.78 is 71.6. The molecule has 2 heterocycles. The van der Waals surface area contributed by atoms with Crippen LogP contribution in [0.2, 0.25) is 0 Å². The van der Waals surface area contributed by atoms with E-state index in [1.54, 1.807) is 0 Å². The Balaban J connectivity index is 1.72. The van der Waals surface area contributed by atoms with Gasteiger partial charge >= 0.3 is 6.18 Å². The summed E-state index contributed by atoms with van der Waals surface area (Å²) in [4.78, 5) is 7.06. The zero-order valence-corrected chi connectivity index (χ0v) is 18.2. The average Bonchev–Trinajstić information content (AvgIpc) is 2.81. The largest absolute Gasteiger partial charge is 0.433 e. The monoisotopic (exact) mass is 485 g/mol. The number of nitrogens with zero attached hydrogens (tertiary/aromatic N) is 3. The summed E-state index contributed by atoms with van der Waals surface area (Å²) in [6, 6.07) is 6.40. The van der Waals surface area contributed by atoms with Crippen molar-refractivity contribution in [1.82, 2.24) is 14.7 Å². The van der Waals surface area contributed by atoms with E-state index in [2.05, 4.69) is 20.0 Å². The van der Waals surface area contributed by atoms with Crippen molar-refractivity contribution in [1.29, 1.82) is 5.26 Å². The van der Waals surface area contributed by atoms with Crippen molar-refractivity contribution < 1.29 is 31.4 Å². The normalized spacial score (nSPS) is 16.2. The van der Waals surface area contributed by atoms with E-state index in [0.717, 1.165) is 18.3 Å². The summed E-state index contributed by atoms with van der Waals surface area (Å²) in [7, 11) is -3.98. The third-order valence-electron chi connectivity index (χ3n) is 5.38. The van der Waals surface area contributed by atoms with Crippen LogP contribution in [0.15, 0.2) is 35.4 Å². The molecule has 1 aromatic heterocycles. The zero-order chi connectivity index (χ0) is 24.1. The maximum Gasteiger partial charge on any atom is 0.433 e. The molecule has 3 rings (SSSR count). The van der Waals surface area contributed by atoms with Gasteiger partial charge in [-0.2, -0.15) is 18.4 Å². The van der Waals surface area contributed by atoms with Crippen molar-refractivity contribution in [3.8, 4) is 6.07 Å². The molecular weight excluding hydrogens is 463 g/mol. The van der Waals surface area contributed by atoms with Gasteiger partial charge in [-0.1, -0.05) is 0 Å². The number of nitrogens with one attached hydrogen (secondary N) is 2. The van der Waals surface area contributed by atoms with Gasteiger partial charge in [0.1, 0.15) is 17.6 Å². The first-order chi connectivity index (χ1) is 15.6. The fraction of sp³-hybridized carbons (Fsp3) is 0.450. The van der Waals surface area contributed by atoms with Gasteiger partial charge in [-0.15, -0.1) is 0 Å². The second-order valence-corrected chi connectivity index (χ2v) is 9.39. The molecule has 0 amide bonds. The zero-order valence-electron chi connectivity index (χ0n) is 17.4. The Morgan fingerprint density at radius 3 is 2.61 bits per heavy atom. The van der Waals surface area contributed by atoms with E-state index < -0.39 is 27.3 Å². The number of hydrogen-bond acceptors (Lipinski definition) is 8. The Morgan fingerprint density at radius 2 is 1.97 bits per heavy atom. The molecule has 1 saturated heterocycles. The standard InChI is InChI=1S/C20H22F3N5O4S/c21-20(22,23)17-3-6-25-18(28-17)11-26-16-2-1-15(9-14(16)10-24)33(30,31)27-12-19(13-29)4-7-32-8-5-19/h1-3,6,9,26-27,29H,4-5,7-8,11-13H2. The summed E-state index contributed by atoms with van der Waals surface area (Å²) in [5, 5.41) is 21.9. The van der Waals surface area contributed by atoms with Gasteiger partial charge < -0.3 is 15.2 Å². The number of aromatic nitrogens is 2. The maximum absolute atomic E-state index is 12.8. The highest BCUT2D eigenvalue weighted by Gasteiger charge is 2.34. The smallest absolute Gasteiger partial charge is 0.396 e. The average molecular weight is 485 g/mol.